The molecule has 1 aliphatic rings. The number of carbonyl (C=O) groups excluding carboxylic acids is 1. The van der Waals surface area contributed by atoms with Crippen LogP contribution in [0.3, 0.4) is 0 Å². The topological polar surface area (TPSA) is 54.5 Å². The quantitative estimate of drug-likeness (QED) is 0.941. The average Bonchev–Trinajstić information content (AvgIpc) is 2.93. The Kier molecular flexibility index (Phi) is 4.82. The van der Waals surface area contributed by atoms with Crippen molar-refractivity contribution in [3.8, 4) is 0 Å². The van der Waals surface area contributed by atoms with Gasteiger partial charge in [0.15, 0.2) is 5.13 Å². The maximum absolute atomic E-state index is 12.2. The predicted octanol–water partition coefficient (Wildman–Crippen LogP) is 2.46. The maximum atomic E-state index is 12.2. The molecule has 0 spiro atoms. The molecule has 1 aliphatic heterocycles. The van der Waals surface area contributed by atoms with Crippen LogP contribution in [0.25, 0.3) is 0 Å². The molecule has 0 saturated carbocycles. The van der Waals surface area contributed by atoms with Gasteiger partial charge in [-0.05, 0) is 12.5 Å². The van der Waals surface area contributed by atoms with Gasteiger partial charge in [-0.1, -0.05) is 30.3 Å². The number of amides is 1. The minimum absolute atomic E-state index is 0.0304. The van der Waals surface area contributed by atoms with Crippen molar-refractivity contribution in [3.63, 3.8) is 0 Å². The van der Waals surface area contributed by atoms with E-state index in [0.717, 1.165) is 12.2 Å². The first kappa shape index (κ1) is 15.1. The van der Waals surface area contributed by atoms with E-state index in [9.17, 15) is 4.79 Å². The second-order valence-electron chi connectivity index (χ2n) is 5.31. The minimum atomic E-state index is -0.0304. The number of benzene rings is 1. The smallest absolute Gasteiger partial charge is 0.240 e. The summed E-state index contributed by atoms with van der Waals surface area (Å²) in [5.41, 5.74) is 2.11. The number of aryl methyl sites for hydroxylation is 1. The predicted molar refractivity (Wildman–Crippen MR) is 87.1 cm³/mol. The lowest BCUT2D eigenvalue weighted by molar-refractivity contribution is -0.119. The molecule has 2 aromatic rings. The van der Waals surface area contributed by atoms with Crippen molar-refractivity contribution in [2.45, 2.75) is 13.0 Å². The van der Waals surface area contributed by atoms with E-state index in [0.29, 0.717) is 24.9 Å². The Morgan fingerprint density at radius 1 is 1.45 bits per heavy atom. The van der Waals surface area contributed by atoms with Crippen LogP contribution in [0.2, 0.25) is 0 Å². The van der Waals surface area contributed by atoms with E-state index in [1.807, 2.05) is 30.5 Å². The zero-order chi connectivity index (χ0) is 15.4. The third kappa shape index (κ3) is 3.71. The molecule has 5 nitrogen and oxygen atoms in total. The van der Waals surface area contributed by atoms with E-state index in [-0.39, 0.29) is 11.9 Å². The van der Waals surface area contributed by atoms with Crippen LogP contribution in [-0.2, 0) is 9.53 Å². The molecule has 1 aromatic heterocycles. The summed E-state index contributed by atoms with van der Waals surface area (Å²) < 4.78 is 5.59. The van der Waals surface area contributed by atoms with Crippen molar-refractivity contribution in [1.29, 1.82) is 0 Å². The summed E-state index contributed by atoms with van der Waals surface area (Å²) in [4.78, 5) is 18.7. The Morgan fingerprint density at radius 3 is 3.00 bits per heavy atom. The highest BCUT2D eigenvalue weighted by atomic mass is 32.1. The summed E-state index contributed by atoms with van der Waals surface area (Å²) in [6, 6.07) is 10.3. The Morgan fingerprint density at radius 2 is 2.27 bits per heavy atom. The molecule has 0 radical (unpaired) electrons. The third-order valence-electron chi connectivity index (χ3n) is 3.64. The number of carbonyl (C=O) groups is 1. The number of nitrogens with one attached hydrogen (secondary N) is 1. The van der Waals surface area contributed by atoms with Gasteiger partial charge < -0.3 is 10.1 Å². The molecule has 1 aromatic carbocycles. The van der Waals surface area contributed by atoms with Crippen molar-refractivity contribution < 1.29 is 9.53 Å². The van der Waals surface area contributed by atoms with Crippen molar-refractivity contribution >= 4 is 22.4 Å². The number of rotatable bonds is 4. The third-order valence-corrected chi connectivity index (χ3v) is 4.51. The number of anilines is 1. The Bertz CT molecular complexity index is 629. The molecule has 1 fully saturated rings. The van der Waals surface area contributed by atoms with Crippen LogP contribution < -0.4 is 5.32 Å². The summed E-state index contributed by atoms with van der Waals surface area (Å²) in [7, 11) is 0. The van der Waals surface area contributed by atoms with Gasteiger partial charge in [0.05, 0.1) is 31.5 Å². The number of ether oxygens (including phenoxy) is 1. The minimum Gasteiger partial charge on any atom is -0.378 e. The zero-order valence-corrected chi connectivity index (χ0v) is 13.3. The van der Waals surface area contributed by atoms with Gasteiger partial charge in [-0.15, -0.1) is 11.3 Å². The number of hydrogen-bond donors (Lipinski definition) is 1. The number of nitrogens with zero attached hydrogens (tertiary/aromatic N) is 2. The van der Waals surface area contributed by atoms with Crippen LogP contribution in [0.15, 0.2) is 35.7 Å². The van der Waals surface area contributed by atoms with Crippen molar-refractivity contribution in [2.75, 3.05) is 31.6 Å². The van der Waals surface area contributed by atoms with Crippen LogP contribution in [0, 0.1) is 6.92 Å². The van der Waals surface area contributed by atoms with E-state index in [1.165, 1.54) is 16.9 Å². The van der Waals surface area contributed by atoms with Gasteiger partial charge >= 0.3 is 0 Å². The highest BCUT2D eigenvalue weighted by Crippen LogP contribution is 2.24. The molecule has 1 saturated heterocycles. The van der Waals surface area contributed by atoms with Gasteiger partial charge in [-0.3, -0.25) is 9.69 Å². The Labute approximate surface area is 133 Å². The monoisotopic (exact) mass is 317 g/mol. The fraction of sp³-hybridized carbons (Fsp3) is 0.375. The van der Waals surface area contributed by atoms with Gasteiger partial charge in [-0.25, -0.2) is 4.98 Å². The van der Waals surface area contributed by atoms with Gasteiger partial charge in [0.2, 0.25) is 5.91 Å². The molecule has 2 heterocycles. The fourth-order valence-electron chi connectivity index (χ4n) is 2.56. The van der Waals surface area contributed by atoms with Crippen LogP contribution in [0.4, 0.5) is 5.13 Å². The van der Waals surface area contributed by atoms with Gasteiger partial charge in [-0.2, -0.15) is 0 Å². The number of thiazole rings is 1. The van der Waals surface area contributed by atoms with Gasteiger partial charge in [0.25, 0.3) is 0 Å². The average molecular weight is 317 g/mol. The number of aromatic nitrogens is 1. The normalized spacial score (nSPS) is 19.0. The molecule has 1 atom stereocenters. The van der Waals surface area contributed by atoms with Gasteiger partial charge in [0, 0.05) is 11.9 Å². The van der Waals surface area contributed by atoms with Gasteiger partial charge in [0.1, 0.15) is 0 Å². The summed E-state index contributed by atoms with van der Waals surface area (Å²) in [6.45, 7) is 4.30. The second-order valence-corrected chi connectivity index (χ2v) is 6.17. The highest BCUT2D eigenvalue weighted by molar-refractivity contribution is 7.13. The summed E-state index contributed by atoms with van der Waals surface area (Å²) >= 11 is 1.45. The molecule has 22 heavy (non-hydrogen) atoms. The first-order chi connectivity index (χ1) is 10.7. The Balaban J connectivity index is 1.65. The van der Waals surface area contributed by atoms with Crippen LogP contribution >= 0.6 is 11.3 Å². The highest BCUT2D eigenvalue weighted by Gasteiger charge is 2.26. The molecular formula is C16H19N3O2S. The maximum Gasteiger partial charge on any atom is 0.240 e. The molecular weight excluding hydrogens is 298 g/mol. The molecule has 0 unspecified atom stereocenters. The first-order valence-corrected chi connectivity index (χ1v) is 8.19. The van der Waals surface area contributed by atoms with E-state index < -0.39 is 0 Å². The van der Waals surface area contributed by atoms with Crippen LogP contribution in [-0.4, -0.2) is 42.1 Å². The van der Waals surface area contributed by atoms with E-state index in [2.05, 4.69) is 27.3 Å². The molecule has 6 heteroatoms. The molecule has 3 rings (SSSR count). The first-order valence-electron chi connectivity index (χ1n) is 7.31. The molecule has 116 valence electrons. The Hall–Kier alpha value is -1.76. The molecule has 0 bridgehead atoms. The van der Waals surface area contributed by atoms with Crippen LogP contribution in [0.1, 0.15) is 17.3 Å². The molecule has 0 aliphatic carbocycles. The SMILES string of the molecule is Cc1csc(NC(=O)CN2CCOC[C@H]2c2ccccc2)n1. The van der Waals surface area contributed by atoms with Crippen molar-refractivity contribution in [1.82, 2.24) is 9.88 Å². The standard InChI is InChI=1S/C16H19N3O2S/c1-12-11-22-16(17-12)18-15(20)9-19-7-8-21-10-14(19)13-5-3-2-4-6-13/h2-6,11,14H,7-10H2,1H3,(H,17,18,20)/t14-/m0/s1. The molecule has 1 amide bonds. The van der Waals surface area contributed by atoms with E-state index >= 15 is 0 Å². The van der Waals surface area contributed by atoms with Crippen LogP contribution in [0.5, 0.6) is 0 Å². The van der Waals surface area contributed by atoms with Crippen molar-refractivity contribution in [3.05, 3.63) is 47.0 Å². The van der Waals surface area contributed by atoms with E-state index in [1.54, 1.807) is 0 Å². The summed E-state index contributed by atoms with van der Waals surface area (Å²) in [5.74, 6) is -0.0304. The molecule has 1 N–H and O–H groups in total. The van der Waals surface area contributed by atoms with E-state index in [4.69, 9.17) is 4.74 Å². The zero-order valence-electron chi connectivity index (χ0n) is 12.5. The fourth-order valence-corrected chi connectivity index (χ4v) is 3.27. The second kappa shape index (κ2) is 7.00. The number of morpholine rings is 1. The lowest BCUT2D eigenvalue weighted by atomic mass is 10.1. The number of hydrogen-bond acceptors (Lipinski definition) is 5. The lowest BCUT2D eigenvalue weighted by Crippen LogP contribution is -2.43. The summed E-state index contributed by atoms with van der Waals surface area (Å²) in [5, 5.41) is 5.46. The lowest BCUT2D eigenvalue weighted by Gasteiger charge is -2.35. The van der Waals surface area contributed by atoms with Crippen molar-refractivity contribution in [2.24, 2.45) is 0 Å². The largest absolute Gasteiger partial charge is 0.378 e. The summed E-state index contributed by atoms with van der Waals surface area (Å²) in [6.07, 6.45) is 0.